The highest BCUT2D eigenvalue weighted by Crippen LogP contribution is 2.14. The number of aryl methyl sites for hydroxylation is 1. The fourth-order valence-corrected chi connectivity index (χ4v) is 1.56. The quantitative estimate of drug-likeness (QED) is 0.678. The van der Waals surface area contributed by atoms with Crippen molar-refractivity contribution < 1.29 is 9.53 Å². The standard InChI is InChI=1S/C9H14N4O2/c1-13-3-6(2-11-13)12-9(14)7-4-15-5-8(7)10/h2-3,7-8H,4-5,10H2,1H3,(H,12,14). The van der Waals surface area contributed by atoms with E-state index in [2.05, 4.69) is 10.4 Å². The molecule has 15 heavy (non-hydrogen) atoms. The maximum atomic E-state index is 11.7. The van der Waals surface area contributed by atoms with Gasteiger partial charge in [0.1, 0.15) is 0 Å². The second kappa shape index (κ2) is 4.00. The van der Waals surface area contributed by atoms with Crippen molar-refractivity contribution in [1.82, 2.24) is 9.78 Å². The molecule has 1 amide bonds. The first-order valence-corrected chi connectivity index (χ1v) is 4.79. The Morgan fingerprint density at radius 2 is 2.53 bits per heavy atom. The van der Waals surface area contributed by atoms with Gasteiger partial charge in [0, 0.05) is 19.3 Å². The molecule has 0 bridgehead atoms. The Morgan fingerprint density at radius 1 is 1.73 bits per heavy atom. The van der Waals surface area contributed by atoms with Gasteiger partial charge in [-0.25, -0.2) is 0 Å². The van der Waals surface area contributed by atoms with Gasteiger partial charge in [0.15, 0.2) is 0 Å². The number of ether oxygens (including phenoxy) is 1. The molecule has 2 atom stereocenters. The van der Waals surface area contributed by atoms with Crippen molar-refractivity contribution in [3.8, 4) is 0 Å². The van der Waals surface area contributed by atoms with Gasteiger partial charge in [-0.15, -0.1) is 0 Å². The topological polar surface area (TPSA) is 82.2 Å². The number of nitrogens with one attached hydrogen (secondary N) is 1. The Hall–Kier alpha value is -1.40. The van der Waals surface area contributed by atoms with Gasteiger partial charge in [0.05, 0.1) is 31.0 Å². The normalized spacial score (nSPS) is 25.5. The van der Waals surface area contributed by atoms with Crippen LogP contribution in [0.1, 0.15) is 0 Å². The monoisotopic (exact) mass is 210 g/mol. The van der Waals surface area contributed by atoms with Crippen LogP contribution in [0.25, 0.3) is 0 Å². The molecule has 2 rings (SSSR count). The molecular weight excluding hydrogens is 196 g/mol. The number of anilines is 1. The van der Waals surface area contributed by atoms with E-state index in [1.54, 1.807) is 24.1 Å². The van der Waals surface area contributed by atoms with Crippen LogP contribution in [0.2, 0.25) is 0 Å². The molecule has 3 N–H and O–H groups in total. The summed E-state index contributed by atoms with van der Waals surface area (Å²) in [6.45, 7) is 0.846. The fraction of sp³-hybridized carbons (Fsp3) is 0.556. The van der Waals surface area contributed by atoms with Crippen LogP contribution in [0.3, 0.4) is 0 Å². The second-order valence-corrected chi connectivity index (χ2v) is 3.70. The number of nitrogens with two attached hydrogens (primary N) is 1. The molecule has 82 valence electrons. The second-order valence-electron chi connectivity index (χ2n) is 3.70. The Bertz CT molecular complexity index is 363. The van der Waals surface area contributed by atoms with E-state index in [0.29, 0.717) is 18.9 Å². The summed E-state index contributed by atoms with van der Waals surface area (Å²) < 4.78 is 6.75. The van der Waals surface area contributed by atoms with E-state index in [1.807, 2.05) is 0 Å². The summed E-state index contributed by atoms with van der Waals surface area (Å²) in [5, 5.41) is 6.71. The molecule has 0 radical (unpaired) electrons. The van der Waals surface area contributed by atoms with Crippen LogP contribution >= 0.6 is 0 Å². The van der Waals surface area contributed by atoms with E-state index in [1.165, 1.54) is 0 Å². The first-order valence-electron chi connectivity index (χ1n) is 4.79. The maximum Gasteiger partial charge on any atom is 0.231 e. The third-order valence-corrected chi connectivity index (χ3v) is 2.43. The molecule has 1 saturated heterocycles. The van der Waals surface area contributed by atoms with E-state index in [9.17, 15) is 4.79 Å². The molecule has 2 heterocycles. The van der Waals surface area contributed by atoms with Gasteiger partial charge in [-0.3, -0.25) is 9.48 Å². The minimum Gasteiger partial charge on any atom is -0.379 e. The molecule has 1 aliphatic heterocycles. The lowest BCUT2D eigenvalue weighted by molar-refractivity contribution is -0.120. The number of aromatic nitrogens is 2. The van der Waals surface area contributed by atoms with Crippen molar-refractivity contribution >= 4 is 11.6 Å². The molecule has 1 aromatic rings. The number of rotatable bonds is 2. The molecule has 1 fully saturated rings. The zero-order valence-electron chi connectivity index (χ0n) is 8.51. The largest absolute Gasteiger partial charge is 0.379 e. The SMILES string of the molecule is Cn1cc(NC(=O)C2COCC2N)cn1. The maximum absolute atomic E-state index is 11.7. The van der Waals surface area contributed by atoms with Crippen molar-refractivity contribution in [2.75, 3.05) is 18.5 Å². The van der Waals surface area contributed by atoms with Crippen LogP contribution in [-0.2, 0) is 16.6 Å². The van der Waals surface area contributed by atoms with Gasteiger partial charge in [-0.2, -0.15) is 5.10 Å². The summed E-state index contributed by atoms with van der Waals surface area (Å²) >= 11 is 0. The zero-order chi connectivity index (χ0) is 10.8. The Balaban J connectivity index is 1.97. The van der Waals surface area contributed by atoms with E-state index >= 15 is 0 Å². The number of nitrogens with zero attached hydrogens (tertiary/aromatic N) is 2. The molecule has 0 saturated carbocycles. The van der Waals surface area contributed by atoms with E-state index < -0.39 is 0 Å². The predicted octanol–water partition coefficient (Wildman–Crippen LogP) is -0.668. The van der Waals surface area contributed by atoms with Crippen molar-refractivity contribution in [3.05, 3.63) is 12.4 Å². The van der Waals surface area contributed by atoms with Crippen LogP contribution < -0.4 is 11.1 Å². The first kappa shape index (κ1) is 10.1. The van der Waals surface area contributed by atoms with Gasteiger partial charge in [-0.1, -0.05) is 0 Å². The molecule has 2 unspecified atom stereocenters. The lowest BCUT2D eigenvalue weighted by Crippen LogP contribution is -2.37. The molecule has 1 aromatic heterocycles. The van der Waals surface area contributed by atoms with Gasteiger partial charge in [0.25, 0.3) is 0 Å². The van der Waals surface area contributed by atoms with Crippen molar-refractivity contribution in [2.45, 2.75) is 6.04 Å². The van der Waals surface area contributed by atoms with Crippen LogP contribution in [0, 0.1) is 5.92 Å². The summed E-state index contributed by atoms with van der Waals surface area (Å²) in [5.74, 6) is -0.363. The molecule has 0 aromatic carbocycles. The van der Waals surface area contributed by atoms with Crippen LogP contribution in [0.15, 0.2) is 12.4 Å². The highest BCUT2D eigenvalue weighted by Gasteiger charge is 2.31. The zero-order valence-corrected chi connectivity index (χ0v) is 8.51. The summed E-state index contributed by atoms with van der Waals surface area (Å²) in [6.07, 6.45) is 3.33. The van der Waals surface area contributed by atoms with Gasteiger partial charge in [0.2, 0.25) is 5.91 Å². The number of amides is 1. The lowest BCUT2D eigenvalue weighted by Gasteiger charge is -2.11. The lowest BCUT2D eigenvalue weighted by atomic mass is 10.0. The average molecular weight is 210 g/mol. The van der Waals surface area contributed by atoms with E-state index in [0.717, 1.165) is 0 Å². The molecular formula is C9H14N4O2. The molecule has 1 aliphatic rings. The Labute approximate surface area is 87.4 Å². The minimum atomic E-state index is -0.259. The van der Waals surface area contributed by atoms with Gasteiger partial charge < -0.3 is 15.8 Å². The summed E-state index contributed by atoms with van der Waals surface area (Å²) in [6, 6.07) is -0.207. The third-order valence-electron chi connectivity index (χ3n) is 2.43. The van der Waals surface area contributed by atoms with Crippen LogP contribution in [-0.4, -0.2) is 34.9 Å². The summed E-state index contributed by atoms with van der Waals surface area (Å²) in [7, 11) is 1.79. The van der Waals surface area contributed by atoms with Crippen molar-refractivity contribution in [3.63, 3.8) is 0 Å². The van der Waals surface area contributed by atoms with Gasteiger partial charge in [-0.05, 0) is 0 Å². The Kier molecular flexibility index (Phi) is 2.70. The molecule has 0 aliphatic carbocycles. The predicted molar refractivity (Wildman–Crippen MR) is 54.1 cm³/mol. The molecule has 0 spiro atoms. The van der Waals surface area contributed by atoms with E-state index in [4.69, 9.17) is 10.5 Å². The number of hydrogen-bond donors (Lipinski definition) is 2. The highest BCUT2D eigenvalue weighted by molar-refractivity contribution is 5.93. The smallest absolute Gasteiger partial charge is 0.231 e. The molecule has 6 nitrogen and oxygen atoms in total. The number of carbonyl (C=O) groups is 1. The van der Waals surface area contributed by atoms with Crippen molar-refractivity contribution in [2.24, 2.45) is 18.7 Å². The summed E-state index contributed by atoms with van der Waals surface area (Å²) in [4.78, 5) is 11.7. The highest BCUT2D eigenvalue weighted by atomic mass is 16.5. The summed E-state index contributed by atoms with van der Waals surface area (Å²) in [5.41, 5.74) is 6.41. The minimum absolute atomic E-state index is 0.104. The van der Waals surface area contributed by atoms with Crippen molar-refractivity contribution in [1.29, 1.82) is 0 Å². The Morgan fingerprint density at radius 3 is 3.07 bits per heavy atom. The first-order chi connectivity index (χ1) is 7.16. The van der Waals surface area contributed by atoms with Crippen LogP contribution in [0.5, 0.6) is 0 Å². The average Bonchev–Trinajstić information content (AvgIpc) is 2.75. The third kappa shape index (κ3) is 2.16. The van der Waals surface area contributed by atoms with E-state index in [-0.39, 0.29) is 17.9 Å². The number of carbonyl (C=O) groups excluding carboxylic acids is 1. The fourth-order valence-electron chi connectivity index (χ4n) is 1.56. The van der Waals surface area contributed by atoms with Gasteiger partial charge >= 0.3 is 0 Å². The number of hydrogen-bond acceptors (Lipinski definition) is 4. The molecule has 6 heteroatoms. The van der Waals surface area contributed by atoms with Crippen LogP contribution in [0.4, 0.5) is 5.69 Å².